The lowest BCUT2D eigenvalue weighted by Gasteiger charge is -2.25. The van der Waals surface area contributed by atoms with E-state index in [2.05, 4.69) is 29.1 Å². The summed E-state index contributed by atoms with van der Waals surface area (Å²) in [6.07, 6.45) is 1.04. The SMILES string of the molecule is CCCNc1cc(N(C)C(C)COC)nc(N)n1. The number of anilines is 3. The van der Waals surface area contributed by atoms with Gasteiger partial charge in [-0.25, -0.2) is 0 Å². The number of likely N-dealkylation sites (N-methyl/N-ethyl adjacent to an activating group) is 1. The van der Waals surface area contributed by atoms with Crippen LogP contribution < -0.4 is 16.0 Å². The van der Waals surface area contributed by atoms with Crippen LogP contribution in [0.15, 0.2) is 6.07 Å². The van der Waals surface area contributed by atoms with Crippen LogP contribution in [0.25, 0.3) is 0 Å². The molecule has 3 N–H and O–H groups in total. The molecule has 1 heterocycles. The van der Waals surface area contributed by atoms with Crippen LogP contribution in [-0.2, 0) is 4.74 Å². The first-order chi connectivity index (χ1) is 8.58. The maximum Gasteiger partial charge on any atom is 0.223 e. The minimum absolute atomic E-state index is 0.225. The van der Waals surface area contributed by atoms with Gasteiger partial charge in [-0.3, -0.25) is 0 Å². The van der Waals surface area contributed by atoms with Crippen molar-refractivity contribution in [2.45, 2.75) is 26.3 Å². The maximum atomic E-state index is 5.72. The summed E-state index contributed by atoms with van der Waals surface area (Å²) in [6, 6.07) is 2.13. The van der Waals surface area contributed by atoms with Crippen molar-refractivity contribution in [2.24, 2.45) is 0 Å². The van der Waals surface area contributed by atoms with E-state index in [1.165, 1.54) is 0 Å². The van der Waals surface area contributed by atoms with Crippen LogP contribution in [0.3, 0.4) is 0 Å². The summed E-state index contributed by atoms with van der Waals surface area (Å²) in [4.78, 5) is 10.4. The van der Waals surface area contributed by atoms with E-state index in [0.29, 0.717) is 6.61 Å². The first kappa shape index (κ1) is 14.5. The smallest absolute Gasteiger partial charge is 0.223 e. The van der Waals surface area contributed by atoms with Crippen LogP contribution in [0.4, 0.5) is 17.6 Å². The van der Waals surface area contributed by atoms with Crippen molar-refractivity contribution < 1.29 is 4.74 Å². The van der Waals surface area contributed by atoms with E-state index in [9.17, 15) is 0 Å². The molecule has 0 spiro atoms. The normalized spacial score (nSPS) is 12.2. The Kier molecular flexibility index (Phi) is 5.64. The lowest BCUT2D eigenvalue weighted by molar-refractivity contribution is 0.183. The molecule has 1 atom stereocenters. The molecule has 0 aliphatic rings. The van der Waals surface area contributed by atoms with E-state index in [4.69, 9.17) is 10.5 Å². The predicted molar refractivity (Wildman–Crippen MR) is 75.0 cm³/mol. The Balaban J connectivity index is 2.84. The number of ether oxygens (including phenoxy) is 1. The summed E-state index contributed by atoms with van der Waals surface area (Å²) in [7, 11) is 3.65. The third-order valence-electron chi connectivity index (χ3n) is 2.72. The minimum atomic E-state index is 0.225. The first-order valence-electron chi connectivity index (χ1n) is 6.18. The van der Waals surface area contributed by atoms with Crippen molar-refractivity contribution in [1.82, 2.24) is 9.97 Å². The molecule has 1 aromatic rings. The highest BCUT2D eigenvalue weighted by Crippen LogP contribution is 2.17. The lowest BCUT2D eigenvalue weighted by Crippen LogP contribution is -2.33. The van der Waals surface area contributed by atoms with Crippen molar-refractivity contribution in [2.75, 3.05) is 43.3 Å². The van der Waals surface area contributed by atoms with Gasteiger partial charge in [-0.15, -0.1) is 0 Å². The van der Waals surface area contributed by atoms with Crippen molar-refractivity contribution >= 4 is 17.6 Å². The quantitative estimate of drug-likeness (QED) is 0.764. The van der Waals surface area contributed by atoms with Crippen molar-refractivity contribution in [3.8, 4) is 0 Å². The Morgan fingerprint density at radius 2 is 2.22 bits per heavy atom. The van der Waals surface area contributed by atoms with Gasteiger partial charge in [0, 0.05) is 26.8 Å². The van der Waals surface area contributed by atoms with E-state index < -0.39 is 0 Å². The predicted octanol–water partition coefficient (Wildman–Crippen LogP) is 1.35. The van der Waals surface area contributed by atoms with Gasteiger partial charge in [-0.2, -0.15) is 9.97 Å². The molecule has 1 aromatic heterocycles. The van der Waals surface area contributed by atoms with Crippen LogP contribution >= 0.6 is 0 Å². The van der Waals surface area contributed by atoms with Gasteiger partial charge in [0.15, 0.2) is 0 Å². The third kappa shape index (κ3) is 4.03. The molecule has 102 valence electrons. The molecule has 1 rings (SSSR count). The molecule has 0 bridgehead atoms. The fourth-order valence-corrected chi connectivity index (χ4v) is 1.56. The zero-order valence-corrected chi connectivity index (χ0v) is 11.6. The first-order valence-corrected chi connectivity index (χ1v) is 6.18. The molecule has 6 nitrogen and oxygen atoms in total. The van der Waals surface area contributed by atoms with Crippen molar-refractivity contribution in [3.63, 3.8) is 0 Å². The standard InChI is InChI=1S/C12H23N5O/c1-5-6-14-10-7-11(16-12(13)15-10)17(3)9(2)8-18-4/h7,9H,5-6,8H2,1-4H3,(H3,13,14,15,16). The molecule has 18 heavy (non-hydrogen) atoms. The van der Waals surface area contributed by atoms with Gasteiger partial charge in [0.1, 0.15) is 11.6 Å². The summed E-state index contributed by atoms with van der Waals surface area (Å²) in [5.74, 6) is 1.84. The number of nitrogen functional groups attached to an aromatic ring is 1. The molecule has 1 unspecified atom stereocenters. The Morgan fingerprint density at radius 1 is 1.50 bits per heavy atom. The second-order valence-electron chi connectivity index (χ2n) is 4.31. The second-order valence-corrected chi connectivity index (χ2v) is 4.31. The summed E-state index contributed by atoms with van der Waals surface area (Å²) < 4.78 is 5.14. The number of aromatic nitrogens is 2. The molecule has 0 aromatic carbocycles. The number of nitrogens with zero attached hydrogens (tertiary/aromatic N) is 3. The Hall–Kier alpha value is -1.56. The van der Waals surface area contributed by atoms with Gasteiger partial charge in [0.2, 0.25) is 5.95 Å². The molecule has 0 amide bonds. The summed E-state index contributed by atoms with van der Waals surface area (Å²) in [5, 5.41) is 3.21. The van der Waals surface area contributed by atoms with Gasteiger partial charge in [0.25, 0.3) is 0 Å². The van der Waals surface area contributed by atoms with Crippen LogP contribution in [0.5, 0.6) is 0 Å². The lowest BCUT2D eigenvalue weighted by atomic mass is 10.3. The monoisotopic (exact) mass is 253 g/mol. The number of methoxy groups -OCH3 is 1. The summed E-state index contributed by atoms with van der Waals surface area (Å²) >= 11 is 0. The van der Waals surface area contributed by atoms with Gasteiger partial charge < -0.3 is 20.7 Å². The Morgan fingerprint density at radius 3 is 2.83 bits per heavy atom. The molecule has 0 saturated heterocycles. The summed E-state index contributed by atoms with van der Waals surface area (Å²) in [6.45, 7) is 5.68. The average Bonchev–Trinajstić information content (AvgIpc) is 2.35. The highest BCUT2D eigenvalue weighted by Gasteiger charge is 2.12. The minimum Gasteiger partial charge on any atom is -0.383 e. The second kappa shape index (κ2) is 7.00. The van der Waals surface area contributed by atoms with E-state index in [0.717, 1.165) is 24.6 Å². The molecule has 0 saturated carbocycles. The fraction of sp³-hybridized carbons (Fsp3) is 0.667. The van der Waals surface area contributed by atoms with Gasteiger partial charge in [0.05, 0.1) is 12.6 Å². The highest BCUT2D eigenvalue weighted by molar-refractivity contribution is 5.52. The number of rotatable bonds is 7. The van der Waals surface area contributed by atoms with Gasteiger partial charge in [-0.1, -0.05) is 6.92 Å². The summed E-state index contributed by atoms with van der Waals surface area (Å²) in [5.41, 5.74) is 5.72. The van der Waals surface area contributed by atoms with Crippen LogP contribution in [0, 0.1) is 0 Å². The molecule has 0 radical (unpaired) electrons. The Bertz CT molecular complexity index is 371. The molecular formula is C12H23N5O. The van der Waals surface area contributed by atoms with Crippen molar-refractivity contribution in [3.05, 3.63) is 6.07 Å². The Labute approximate surface area is 109 Å². The third-order valence-corrected chi connectivity index (χ3v) is 2.72. The highest BCUT2D eigenvalue weighted by atomic mass is 16.5. The number of hydrogen-bond donors (Lipinski definition) is 2. The van der Waals surface area contributed by atoms with Gasteiger partial charge in [-0.05, 0) is 13.3 Å². The van der Waals surface area contributed by atoms with E-state index >= 15 is 0 Å². The zero-order valence-electron chi connectivity index (χ0n) is 11.6. The number of hydrogen-bond acceptors (Lipinski definition) is 6. The van der Waals surface area contributed by atoms with Crippen LogP contribution in [0.1, 0.15) is 20.3 Å². The zero-order chi connectivity index (χ0) is 13.5. The van der Waals surface area contributed by atoms with E-state index in [-0.39, 0.29) is 12.0 Å². The molecular weight excluding hydrogens is 230 g/mol. The topological polar surface area (TPSA) is 76.3 Å². The number of nitrogens with two attached hydrogens (primary N) is 1. The molecule has 0 aliphatic carbocycles. The van der Waals surface area contributed by atoms with E-state index in [1.54, 1.807) is 7.11 Å². The van der Waals surface area contributed by atoms with Crippen molar-refractivity contribution in [1.29, 1.82) is 0 Å². The van der Waals surface area contributed by atoms with E-state index in [1.807, 2.05) is 18.0 Å². The maximum absolute atomic E-state index is 5.72. The van der Waals surface area contributed by atoms with Crippen LogP contribution in [0.2, 0.25) is 0 Å². The largest absolute Gasteiger partial charge is 0.383 e. The number of nitrogens with one attached hydrogen (secondary N) is 1. The molecule has 0 fully saturated rings. The molecule has 0 aliphatic heterocycles. The average molecular weight is 253 g/mol. The van der Waals surface area contributed by atoms with Crippen LogP contribution in [-0.4, -0.2) is 43.3 Å². The molecule has 6 heteroatoms. The van der Waals surface area contributed by atoms with Gasteiger partial charge >= 0.3 is 0 Å². The fourth-order valence-electron chi connectivity index (χ4n) is 1.56.